The Morgan fingerprint density at radius 1 is 1.35 bits per heavy atom. The van der Waals surface area contributed by atoms with E-state index in [9.17, 15) is 4.79 Å². The van der Waals surface area contributed by atoms with Gasteiger partial charge in [-0.25, -0.2) is 0 Å². The zero-order valence-electron chi connectivity index (χ0n) is 13.5. The van der Waals surface area contributed by atoms with Gasteiger partial charge in [0.2, 0.25) is 5.91 Å². The molecule has 5 nitrogen and oxygen atoms in total. The van der Waals surface area contributed by atoms with Crippen LogP contribution in [0.4, 0.5) is 0 Å². The first-order valence-corrected chi connectivity index (χ1v) is 8.15. The average Bonchev–Trinajstić information content (AvgIpc) is 2.99. The van der Waals surface area contributed by atoms with Crippen molar-refractivity contribution in [1.82, 2.24) is 15.2 Å². The lowest BCUT2D eigenvalue weighted by Gasteiger charge is -2.30. The summed E-state index contributed by atoms with van der Waals surface area (Å²) in [5.74, 6) is 2.22. The monoisotopic (exact) mass is 313 g/mol. The number of hydrogen-bond donors (Lipinski definition) is 1. The van der Waals surface area contributed by atoms with E-state index in [2.05, 4.69) is 15.2 Å². The first-order chi connectivity index (χ1) is 11.2. The van der Waals surface area contributed by atoms with Crippen LogP contribution in [0, 0.1) is 12.8 Å². The van der Waals surface area contributed by atoms with Crippen molar-refractivity contribution in [3.63, 3.8) is 0 Å². The van der Waals surface area contributed by atoms with Crippen molar-refractivity contribution in [2.24, 2.45) is 5.92 Å². The zero-order chi connectivity index (χ0) is 16.1. The van der Waals surface area contributed by atoms with E-state index in [1.165, 1.54) is 0 Å². The van der Waals surface area contributed by atoms with Crippen LogP contribution in [0.2, 0.25) is 0 Å². The molecule has 0 aromatic carbocycles. The van der Waals surface area contributed by atoms with E-state index in [1.807, 2.05) is 31.2 Å². The molecule has 1 aliphatic rings. The van der Waals surface area contributed by atoms with E-state index >= 15 is 0 Å². The third kappa shape index (κ3) is 4.42. The molecule has 1 N–H and O–H groups in total. The maximum Gasteiger partial charge on any atom is 0.223 e. The lowest BCUT2D eigenvalue weighted by molar-refractivity contribution is -0.126. The number of piperidine rings is 1. The van der Waals surface area contributed by atoms with Crippen molar-refractivity contribution in [3.05, 3.63) is 53.7 Å². The smallest absolute Gasteiger partial charge is 0.223 e. The third-order valence-electron chi connectivity index (χ3n) is 4.32. The first kappa shape index (κ1) is 15.7. The van der Waals surface area contributed by atoms with E-state index in [0.717, 1.165) is 49.6 Å². The lowest BCUT2D eigenvalue weighted by atomic mass is 9.96. The summed E-state index contributed by atoms with van der Waals surface area (Å²) in [5.41, 5.74) is 1.03. The van der Waals surface area contributed by atoms with Gasteiger partial charge in [-0.05, 0) is 56.6 Å². The van der Waals surface area contributed by atoms with Gasteiger partial charge in [0.15, 0.2) is 0 Å². The second-order valence-electron chi connectivity index (χ2n) is 6.14. The summed E-state index contributed by atoms with van der Waals surface area (Å²) < 4.78 is 5.62. The van der Waals surface area contributed by atoms with Crippen molar-refractivity contribution in [2.75, 3.05) is 13.1 Å². The van der Waals surface area contributed by atoms with Crippen LogP contribution in [0.25, 0.3) is 0 Å². The fraction of sp³-hybridized carbons (Fsp3) is 0.444. The summed E-state index contributed by atoms with van der Waals surface area (Å²) in [5, 5.41) is 3.02. The topological polar surface area (TPSA) is 58.4 Å². The van der Waals surface area contributed by atoms with Gasteiger partial charge in [0.05, 0.1) is 6.54 Å². The van der Waals surface area contributed by atoms with Crippen LogP contribution in [0.1, 0.15) is 29.9 Å². The molecule has 1 aliphatic heterocycles. The van der Waals surface area contributed by atoms with E-state index < -0.39 is 0 Å². The SMILES string of the molecule is Cc1ccc(CN2CCC(C(=O)NCc3cccnc3)CC2)o1. The van der Waals surface area contributed by atoms with Gasteiger partial charge >= 0.3 is 0 Å². The minimum Gasteiger partial charge on any atom is -0.465 e. The number of rotatable bonds is 5. The fourth-order valence-electron chi connectivity index (χ4n) is 2.98. The number of carbonyl (C=O) groups excluding carboxylic acids is 1. The summed E-state index contributed by atoms with van der Waals surface area (Å²) in [6.07, 6.45) is 5.33. The van der Waals surface area contributed by atoms with Gasteiger partial charge in [-0.15, -0.1) is 0 Å². The Kier molecular flexibility index (Phi) is 5.08. The molecular formula is C18H23N3O2. The number of hydrogen-bond acceptors (Lipinski definition) is 4. The van der Waals surface area contributed by atoms with E-state index in [0.29, 0.717) is 6.54 Å². The van der Waals surface area contributed by atoms with Crippen LogP contribution < -0.4 is 5.32 Å². The van der Waals surface area contributed by atoms with Crippen LogP contribution in [-0.2, 0) is 17.9 Å². The molecule has 0 aliphatic carbocycles. The van der Waals surface area contributed by atoms with Crippen molar-refractivity contribution in [1.29, 1.82) is 0 Å². The van der Waals surface area contributed by atoms with Crippen LogP contribution in [0.5, 0.6) is 0 Å². The van der Waals surface area contributed by atoms with Gasteiger partial charge in [-0.2, -0.15) is 0 Å². The maximum absolute atomic E-state index is 12.3. The van der Waals surface area contributed by atoms with Gasteiger partial charge in [-0.3, -0.25) is 14.7 Å². The highest BCUT2D eigenvalue weighted by Gasteiger charge is 2.25. The molecular weight excluding hydrogens is 290 g/mol. The Balaban J connectivity index is 1.42. The standard InChI is InChI=1S/C18H23N3O2/c1-14-4-5-17(23-14)13-21-9-6-16(7-10-21)18(22)20-12-15-3-2-8-19-11-15/h2-5,8,11,16H,6-7,9-10,12-13H2,1H3,(H,20,22). The molecule has 5 heteroatoms. The number of aryl methyl sites for hydroxylation is 1. The van der Waals surface area contributed by atoms with Crippen LogP contribution in [0.15, 0.2) is 41.1 Å². The second-order valence-corrected chi connectivity index (χ2v) is 6.14. The maximum atomic E-state index is 12.3. The molecule has 1 saturated heterocycles. The Hall–Kier alpha value is -2.14. The highest BCUT2D eigenvalue weighted by Crippen LogP contribution is 2.20. The summed E-state index contributed by atoms with van der Waals surface area (Å²) >= 11 is 0. The number of furan rings is 1. The number of carbonyl (C=O) groups is 1. The zero-order valence-corrected chi connectivity index (χ0v) is 13.5. The molecule has 122 valence electrons. The predicted molar refractivity (Wildman–Crippen MR) is 87.5 cm³/mol. The first-order valence-electron chi connectivity index (χ1n) is 8.15. The number of likely N-dealkylation sites (tertiary alicyclic amines) is 1. The quantitative estimate of drug-likeness (QED) is 0.921. The summed E-state index contributed by atoms with van der Waals surface area (Å²) in [6.45, 7) is 5.22. The lowest BCUT2D eigenvalue weighted by Crippen LogP contribution is -2.40. The Morgan fingerprint density at radius 2 is 2.17 bits per heavy atom. The molecule has 1 fully saturated rings. The molecule has 0 radical (unpaired) electrons. The molecule has 0 saturated carbocycles. The molecule has 0 atom stereocenters. The number of aromatic nitrogens is 1. The molecule has 23 heavy (non-hydrogen) atoms. The second kappa shape index (κ2) is 7.42. The number of nitrogens with one attached hydrogen (secondary N) is 1. The van der Waals surface area contributed by atoms with E-state index in [-0.39, 0.29) is 11.8 Å². The highest BCUT2D eigenvalue weighted by molar-refractivity contribution is 5.78. The Bertz CT molecular complexity index is 631. The van der Waals surface area contributed by atoms with Crippen molar-refractivity contribution < 1.29 is 9.21 Å². The molecule has 2 aromatic rings. The van der Waals surface area contributed by atoms with Gasteiger partial charge in [0.1, 0.15) is 11.5 Å². The Labute approximate surface area is 136 Å². The van der Waals surface area contributed by atoms with Gasteiger partial charge in [-0.1, -0.05) is 6.07 Å². The van der Waals surface area contributed by atoms with Crippen LogP contribution in [-0.4, -0.2) is 28.9 Å². The molecule has 3 heterocycles. The number of pyridine rings is 1. The summed E-state index contributed by atoms with van der Waals surface area (Å²) in [4.78, 5) is 18.7. The van der Waals surface area contributed by atoms with Gasteiger partial charge in [0, 0.05) is 24.9 Å². The summed E-state index contributed by atoms with van der Waals surface area (Å²) in [6, 6.07) is 7.88. The van der Waals surface area contributed by atoms with Crippen LogP contribution in [0.3, 0.4) is 0 Å². The molecule has 1 amide bonds. The molecule has 2 aromatic heterocycles. The largest absolute Gasteiger partial charge is 0.465 e. The van der Waals surface area contributed by atoms with Gasteiger partial charge in [0.25, 0.3) is 0 Å². The van der Waals surface area contributed by atoms with E-state index in [1.54, 1.807) is 12.4 Å². The minimum atomic E-state index is 0.112. The highest BCUT2D eigenvalue weighted by atomic mass is 16.3. The van der Waals surface area contributed by atoms with Crippen molar-refractivity contribution in [3.8, 4) is 0 Å². The number of amides is 1. The summed E-state index contributed by atoms with van der Waals surface area (Å²) in [7, 11) is 0. The van der Waals surface area contributed by atoms with E-state index in [4.69, 9.17) is 4.42 Å². The van der Waals surface area contributed by atoms with Crippen molar-refractivity contribution in [2.45, 2.75) is 32.9 Å². The molecule has 0 bridgehead atoms. The normalized spacial score (nSPS) is 16.4. The minimum absolute atomic E-state index is 0.112. The van der Waals surface area contributed by atoms with Crippen LogP contribution >= 0.6 is 0 Å². The van der Waals surface area contributed by atoms with Crippen molar-refractivity contribution >= 4 is 5.91 Å². The molecule has 0 unspecified atom stereocenters. The van der Waals surface area contributed by atoms with Gasteiger partial charge < -0.3 is 9.73 Å². The number of nitrogens with zero attached hydrogens (tertiary/aromatic N) is 2. The fourth-order valence-corrected chi connectivity index (χ4v) is 2.98. The Morgan fingerprint density at radius 3 is 2.83 bits per heavy atom. The third-order valence-corrected chi connectivity index (χ3v) is 4.32. The average molecular weight is 313 g/mol. The predicted octanol–water partition coefficient (Wildman–Crippen LogP) is 2.51. The molecule has 0 spiro atoms. The molecule has 3 rings (SSSR count).